The van der Waals surface area contributed by atoms with Crippen LogP contribution in [0.2, 0.25) is 0 Å². The number of hydrogen-bond donors (Lipinski definition) is 3. The Hall–Kier alpha value is -0.160. The molecule has 1 rings (SSSR count). The van der Waals surface area contributed by atoms with E-state index < -0.39 is 0 Å². The number of aliphatic hydroxyl groups excluding tert-OH is 2. The van der Waals surface area contributed by atoms with Crippen LogP contribution in [0.25, 0.3) is 0 Å². The second-order valence-electron chi connectivity index (χ2n) is 3.54. The van der Waals surface area contributed by atoms with E-state index in [1.54, 1.807) is 0 Å². The zero-order valence-corrected chi connectivity index (χ0v) is 8.08. The van der Waals surface area contributed by atoms with E-state index in [4.69, 9.17) is 10.2 Å². The van der Waals surface area contributed by atoms with Crippen molar-refractivity contribution in [2.75, 3.05) is 39.4 Å². The van der Waals surface area contributed by atoms with Crippen molar-refractivity contribution in [3.8, 4) is 0 Å². The van der Waals surface area contributed by atoms with Crippen molar-refractivity contribution >= 4 is 0 Å². The maximum Gasteiger partial charge on any atom is 0.0558 e. The van der Waals surface area contributed by atoms with Gasteiger partial charge in [-0.25, -0.2) is 0 Å². The Morgan fingerprint density at radius 3 is 2.85 bits per heavy atom. The maximum absolute atomic E-state index is 8.78. The van der Waals surface area contributed by atoms with Crippen molar-refractivity contribution in [3.05, 3.63) is 0 Å². The quantitative estimate of drug-likeness (QED) is 0.519. The van der Waals surface area contributed by atoms with E-state index in [1.165, 1.54) is 12.8 Å². The van der Waals surface area contributed by atoms with Gasteiger partial charge >= 0.3 is 0 Å². The van der Waals surface area contributed by atoms with Crippen LogP contribution in [0.3, 0.4) is 0 Å². The summed E-state index contributed by atoms with van der Waals surface area (Å²) in [5.74, 6) is 0. The lowest BCUT2D eigenvalue weighted by Gasteiger charge is -2.32. The number of piperidine rings is 1. The van der Waals surface area contributed by atoms with Crippen LogP contribution in [-0.2, 0) is 0 Å². The first-order valence-corrected chi connectivity index (χ1v) is 5.04. The SMILES string of the molecule is OCCNC1CCCN(CCO)C1. The summed E-state index contributed by atoms with van der Waals surface area (Å²) in [7, 11) is 0. The zero-order valence-electron chi connectivity index (χ0n) is 8.08. The largest absolute Gasteiger partial charge is 0.395 e. The lowest BCUT2D eigenvalue weighted by Crippen LogP contribution is -2.47. The van der Waals surface area contributed by atoms with Gasteiger partial charge in [0.2, 0.25) is 0 Å². The lowest BCUT2D eigenvalue weighted by atomic mass is 10.1. The van der Waals surface area contributed by atoms with Gasteiger partial charge in [-0.2, -0.15) is 0 Å². The number of β-amino-alcohol motifs (C(OH)–C–C–N with tert-alkyl or cyclic N) is 1. The first kappa shape index (κ1) is 10.9. The van der Waals surface area contributed by atoms with E-state index in [1.807, 2.05) is 0 Å². The summed E-state index contributed by atoms with van der Waals surface area (Å²) in [5.41, 5.74) is 0. The molecule has 0 aliphatic carbocycles. The molecule has 1 unspecified atom stereocenters. The van der Waals surface area contributed by atoms with Crippen LogP contribution >= 0.6 is 0 Å². The molecule has 1 aliphatic rings. The van der Waals surface area contributed by atoms with Crippen molar-refractivity contribution in [2.45, 2.75) is 18.9 Å². The number of hydrogen-bond acceptors (Lipinski definition) is 4. The fraction of sp³-hybridized carbons (Fsp3) is 1.00. The lowest BCUT2D eigenvalue weighted by molar-refractivity contribution is 0.148. The van der Waals surface area contributed by atoms with Crippen LogP contribution in [0.1, 0.15) is 12.8 Å². The van der Waals surface area contributed by atoms with Gasteiger partial charge in [-0.15, -0.1) is 0 Å². The van der Waals surface area contributed by atoms with Gasteiger partial charge in [0.15, 0.2) is 0 Å². The molecule has 13 heavy (non-hydrogen) atoms. The summed E-state index contributed by atoms with van der Waals surface area (Å²) in [6, 6.07) is 0.493. The Balaban J connectivity index is 2.16. The minimum atomic E-state index is 0.205. The van der Waals surface area contributed by atoms with E-state index in [9.17, 15) is 0 Å². The molecule has 1 fully saturated rings. The first-order valence-electron chi connectivity index (χ1n) is 5.04. The monoisotopic (exact) mass is 188 g/mol. The molecule has 78 valence electrons. The minimum Gasteiger partial charge on any atom is -0.395 e. The highest BCUT2D eigenvalue weighted by atomic mass is 16.3. The molecule has 0 aromatic heterocycles. The third kappa shape index (κ3) is 4.04. The predicted molar refractivity (Wildman–Crippen MR) is 51.6 cm³/mol. The molecule has 3 N–H and O–H groups in total. The van der Waals surface area contributed by atoms with Crippen LogP contribution in [0.15, 0.2) is 0 Å². The van der Waals surface area contributed by atoms with E-state index in [0.29, 0.717) is 12.6 Å². The van der Waals surface area contributed by atoms with Crippen molar-refractivity contribution < 1.29 is 10.2 Å². The van der Waals surface area contributed by atoms with Crippen LogP contribution < -0.4 is 5.32 Å². The molecule has 4 heteroatoms. The average molecular weight is 188 g/mol. The Morgan fingerprint density at radius 1 is 1.31 bits per heavy atom. The normalized spacial score (nSPS) is 24.9. The molecule has 0 amide bonds. The van der Waals surface area contributed by atoms with Gasteiger partial charge in [0.25, 0.3) is 0 Å². The fourth-order valence-corrected chi connectivity index (χ4v) is 1.84. The molecule has 1 atom stereocenters. The predicted octanol–water partition coefficient (Wildman–Crippen LogP) is -0.975. The second kappa shape index (κ2) is 6.32. The van der Waals surface area contributed by atoms with Crippen LogP contribution in [-0.4, -0.2) is 60.5 Å². The van der Waals surface area contributed by atoms with E-state index >= 15 is 0 Å². The molecule has 0 spiro atoms. The number of likely N-dealkylation sites (tertiary alicyclic amines) is 1. The Labute approximate surface area is 79.6 Å². The number of nitrogens with one attached hydrogen (secondary N) is 1. The molecular weight excluding hydrogens is 168 g/mol. The van der Waals surface area contributed by atoms with Gasteiger partial charge in [0.1, 0.15) is 0 Å². The van der Waals surface area contributed by atoms with Gasteiger partial charge in [0, 0.05) is 25.7 Å². The summed E-state index contributed by atoms with van der Waals surface area (Å²) >= 11 is 0. The molecular formula is C9H20N2O2. The minimum absolute atomic E-state index is 0.205. The van der Waals surface area contributed by atoms with Gasteiger partial charge < -0.3 is 15.5 Å². The van der Waals surface area contributed by atoms with E-state index in [2.05, 4.69) is 10.2 Å². The first-order chi connectivity index (χ1) is 6.36. The topological polar surface area (TPSA) is 55.7 Å². The summed E-state index contributed by atoms with van der Waals surface area (Å²) in [5, 5.41) is 20.7. The van der Waals surface area contributed by atoms with Crippen molar-refractivity contribution in [1.29, 1.82) is 0 Å². The van der Waals surface area contributed by atoms with Crippen LogP contribution in [0.5, 0.6) is 0 Å². The standard InChI is InChI=1S/C9H20N2O2/c12-6-3-10-9-2-1-4-11(8-9)5-7-13/h9-10,12-13H,1-8H2. The van der Waals surface area contributed by atoms with Crippen LogP contribution in [0.4, 0.5) is 0 Å². The van der Waals surface area contributed by atoms with E-state index in [0.717, 1.165) is 19.6 Å². The molecule has 0 bridgehead atoms. The highest BCUT2D eigenvalue weighted by molar-refractivity contribution is 4.77. The van der Waals surface area contributed by atoms with Crippen LogP contribution in [0, 0.1) is 0 Å². The number of rotatable bonds is 5. The van der Waals surface area contributed by atoms with Gasteiger partial charge in [-0.05, 0) is 19.4 Å². The zero-order chi connectivity index (χ0) is 9.52. The molecule has 0 aromatic rings. The highest BCUT2D eigenvalue weighted by Crippen LogP contribution is 2.08. The Kier molecular flexibility index (Phi) is 5.31. The highest BCUT2D eigenvalue weighted by Gasteiger charge is 2.18. The van der Waals surface area contributed by atoms with Crippen molar-refractivity contribution in [2.24, 2.45) is 0 Å². The smallest absolute Gasteiger partial charge is 0.0558 e. The van der Waals surface area contributed by atoms with Gasteiger partial charge in [-0.1, -0.05) is 0 Å². The Bertz CT molecular complexity index is 131. The molecule has 0 saturated carbocycles. The third-order valence-electron chi connectivity index (χ3n) is 2.47. The van der Waals surface area contributed by atoms with Gasteiger partial charge in [-0.3, -0.25) is 4.90 Å². The molecule has 0 aromatic carbocycles. The average Bonchev–Trinajstić information content (AvgIpc) is 2.16. The molecule has 1 heterocycles. The number of aliphatic hydroxyl groups is 2. The van der Waals surface area contributed by atoms with Crippen molar-refractivity contribution in [1.82, 2.24) is 10.2 Å². The third-order valence-corrected chi connectivity index (χ3v) is 2.47. The summed E-state index contributed by atoms with van der Waals surface area (Å²) < 4.78 is 0. The fourth-order valence-electron chi connectivity index (χ4n) is 1.84. The summed E-state index contributed by atoms with van der Waals surface area (Å²) in [4.78, 5) is 2.26. The van der Waals surface area contributed by atoms with Gasteiger partial charge in [0.05, 0.1) is 13.2 Å². The summed E-state index contributed by atoms with van der Waals surface area (Å²) in [6.45, 7) is 4.00. The molecule has 1 aliphatic heterocycles. The molecule has 0 radical (unpaired) electrons. The van der Waals surface area contributed by atoms with Crippen molar-refractivity contribution in [3.63, 3.8) is 0 Å². The molecule has 4 nitrogen and oxygen atoms in total. The second-order valence-corrected chi connectivity index (χ2v) is 3.54. The maximum atomic E-state index is 8.78. The Morgan fingerprint density at radius 2 is 2.15 bits per heavy atom. The van der Waals surface area contributed by atoms with E-state index in [-0.39, 0.29) is 13.2 Å². The summed E-state index contributed by atoms with van der Waals surface area (Å²) in [6.07, 6.45) is 2.37. The molecule has 1 saturated heterocycles. The number of nitrogens with zero attached hydrogens (tertiary/aromatic N) is 1.